The van der Waals surface area contributed by atoms with Crippen LogP contribution in [0.1, 0.15) is 25.7 Å². The Labute approximate surface area is 176 Å². The lowest BCUT2D eigenvalue weighted by Gasteiger charge is -2.30. The van der Waals surface area contributed by atoms with Gasteiger partial charge in [-0.25, -0.2) is 4.98 Å². The van der Waals surface area contributed by atoms with Crippen LogP contribution in [-0.2, 0) is 0 Å². The number of nitrogens with zero attached hydrogens (tertiary/aromatic N) is 3. The van der Waals surface area contributed by atoms with Gasteiger partial charge < -0.3 is 30.3 Å². The van der Waals surface area contributed by atoms with Crippen molar-refractivity contribution in [2.24, 2.45) is 0 Å². The van der Waals surface area contributed by atoms with Crippen molar-refractivity contribution in [2.45, 2.75) is 37.8 Å². The van der Waals surface area contributed by atoms with E-state index in [2.05, 4.69) is 25.9 Å². The number of ether oxygens (including phenoxy) is 2. The van der Waals surface area contributed by atoms with E-state index in [4.69, 9.17) is 21.7 Å². The first kappa shape index (κ1) is 19.5. The molecule has 1 saturated carbocycles. The van der Waals surface area contributed by atoms with E-state index >= 15 is 0 Å². The minimum Gasteiger partial charge on any atom is -0.454 e. The molecule has 3 N–H and O–H groups in total. The summed E-state index contributed by atoms with van der Waals surface area (Å²) in [5.41, 5.74) is 0.889. The number of fused-ring (bicyclic) bond motifs is 1. The van der Waals surface area contributed by atoms with Gasteiger partial charge in [0.05, 0.1) is 0 Å². The lowest BCUT2D eigenvalue weighted by atomic mass is 9.91. The van der Waals surface area contributed by atoms with Crippen LogP contribution in [0.15, 0.2) is 30.5 Å². The maximum absolute atomic E-state index is 5.48. The summed E-state index contributed by atoms with van der Waals surface area (Å²) in [7, 11) is 3.95. The van der Waals surface area contributed by atoms with Gasteiger partial charge in [0.1, 0.15) is 5.82 Å². The molecule has 1 fully saturated rings. The number of rotatable bonds is 5. The number of anilines is 3. The summed E-state index contributed by atoms with van der Waals surface area (Å²) in [6.07, 6.45) is 5.94. The number of nitrogens with one attached hydrogen (secondary N) is 3. The smallest absolute Gasteiger partial charge is 0.231 e. The average Bonchev–Trinajstić information content (AvgIpc) is 3.17. The molecule has 0 atom stereocenters. The molecule has 1 aromatic carbocycles. The zero-order valence-corrected chi connectivity index (χ0v) is 17.5. The van der Waals surface area contributed by atoms with Crippen LogP contribution in [0.2, 0.25) is 0 Å². The first-order valence-electron chi connectivity index (χ1n) is 9.81. The standard InChI is InChI=1S/C20H26N6O2S/c1-26(2)18-9-10-21-19(25-18)22-13-3-5-14(6-4-13)23-20(29)24-15-7-8-16-17(11-15)28-12-27-16/h7-11,13-14H,3-6,12H2,1-2H3,(H,21,22,25)(H2,23,24,29). The molecule has 29 heavy (non-hydrogen) atoms. The van der Waals surface area contributed by atoms with Crippen LogP contribution in [-0.4, -0.2) is 48.1 Å². The summed E-state index contributed by atoms with van der Waals surface area (Å²) in [5, 5.41) is 10.7. The van der Waals surface area contributed by atoms with E-state index in [0.29, 0.717) is 23.1 Å². The Bertz CT molecular complexity index is 870. The first-order valence-corrected chi connectivity index (χ1v) is 10.2. The molecular weight excluding hydrogens is 388 g/mol. The average molecular weight is 415 g/mol. The van der Waals surface area contributed by atoms with Crippen molar-refractivity contribution in [1.82, 2.24) is 15.3 Å². The largest absolute Gasteiger partial charge is 0.454 e. The van der Waals surface area contributed by atoms with E-state index in [-0.39, 0.29) is 6.79 Å². The van der Waals surface area contributed by atoms with Crippen molar-refractivity contribution in [1.29, 1.82) is 0 Å². The normalized spacial score (nSPS) is 20.1. The summed E-state index contributed by atoms with van der Waals surface area (Å²) in [6.45, 7) is 0.267. The summed E-state index contributed by atoms with van der Waals surface area (Å²) in [4.78, 5) is 10.9. The van der Waals surface area contributed by atoms with E-state index in [9.17, 15) is 0 Å². The molecule has 0 spiro atoms. The molecular formula is C20H26N6O2S. The van der Waals surface area contributed by atoms with Crippen LogP contribution in [0.5, 0.6) is 11.5 Å². The van der Waals surface area contributed by atoms with Gasteiger partial charge in [0.25, 0.3) is 0 Å². The van der Waals surface area contributed by atoms with E-state index in [0.717, 1.165) is 48.7 Å². The summed E-state index contributed by atoms with van der Waals surface area (Å²) < 4.78 is 10.7. The molecule has 0 unspecified atom stereocenters. The van der Waals surface area contributed by atoms with Crippen LogP contribution < -0.4 is 30.3 Å². The highest BCUT2D eigenvalue weighted by Gasteiger charge is 2.22. The highest BCUT2D eigenvalue weighted by Crippen LogP contribution is 2.34. The molecule has 0 saturated heterocycles. The van der Waals surface area contributed by atoms with Crippen molar-refractivity contribution >= 4 is 34.8 Å². The molecule has 2 aliphatic rings. The fraction of sp³-hybridized carbons (Fsp3) is 0.450. The molecule has 8 nitrogen and oxygen atoms in total. The van der Waals surface area contributed by atoms with E-state index in [1.807, 2.05) is 43.3 Å². The van der Waals surface area contributed by atoms with Crippen LogP contribution in [0.25, 0.3) is 0 Å². The van der Waals surface area contributed by atoms with Crippen molar-refractivity contribution in [2.75, 3.05) is 36.4 Å². The molecule has 0 radical (unpaired) electrons. The predicted molar refractivity (Wildman–Crippen MR) is 118 cm³/mol. The van der Waals surface area contributed by atoms with Crippen LogP contribution in [0.4, 0.5) is 17.5 Å². The van der Waals surface area contributed by atoms with Crippen LogP contribution in [0, 0.1) is 0 Å². The van der Waals surface area contributed by atoms with Gasteiger partial charge in [-0.3, -0.25) is 0 Å². The molecule has 9 heteroatoms. The van der Waals surface area contributed by atoms with Crippen LogP contribution in [0.3, 0.4) is 0 Å². The molecule has 0 amide bonds. The van der Waals surface area contributed by atoms with E-state index in [1.165, 1.54) is 0 Å². The Morgan fingerprint density at radius 1 is 1.07 bits per heavy atom. The van der Waals surface area contributed by atoms with Crippen molar-refractivity contribution in [3.63, 3.8) is 0 Å². The van der Waals surface area contributed by atoms with Gasteiger partial charge in [0, 0.05) is 44.1 Å². The van der Waals surface area contributed by atoms with E-state index in [1.54, 1.807) is 6.20 Å². The second-order valence-corrected chi connectivity index (χ2v) is 7.90. The number of thiocarbonyl (C=S) groups is 1. The van der Waals surface area contributed by atoms with Gasteiger partial charge in [-0.2, -0.15) is 4.98 Å². The summed E-state index contributed by atoms with van der Waals surface area (Å²) in [5.74, 6) is 3.09. The number of hydrogen-bond acceptors (Lipinski definition) is 7. The molecule has 1 aliphatic heterocycles. The fourth-order valence-corrected chi connectivity index (χ4v) is 3.84. The molecule has 2 aromatic rings. The molecule has 154 valence electrons. The minimum atomic E-state index is 0.267. The minimum absolute atomic E-state index is 0.267. The number of aromatic nitrogens is 2. The monoisotopic (exact) mass is 414 g/mol. The van der Waals surface area contributed by atoms with Gasteiger partial charge in [-0.15, -0.1) is 0 Å². The van der Waals surface area contributed by atoms with E-state index < -0.39 is 0 Å². The zero-order chi connectivity index (χ0) is 20.2. The Hall–Kier alpha value is -2.81. The molecule has 1 aromatic heterocycles. The molecule has 1 aliphatic carbocycles. The third-order valence-corrected chi connectivity index (χ3v) is 5.35. The maximum atomic E-state index is 5.48. The number of benzene rings is 1. The van der Waals surface area contributed by atoms with Crippen molar-refractivity contribution < 1.29 is 9.47 Å². The lowest BCUT2D eigenvalue weighted by Crippen LogP contribution is -2.42. The molecule has 4 rings (SSSR count). The molecule has 0 bridgehead atoms. The Morgan fingerprint density at radius 3 is 2.62 bits per heavy atom. The Morgan fingerprint density at radius 2 is 1.83 bits per heavy atom. The topological polar surface area (TPSA) is 83.6 Å². The summed E-state index contributed by atoms with van der Waals surface area (Å²) in [6, 6.07) is 8.36. The fourth-order valence-electron chi connectivity index (χ4n) is 3.56. The van der Waals surface area contributed by atoms with Gasteiger partial charge in [0.15, 0.2) is 16.6 Å². The Kier molecular flexibility index (Phi) is 5.84. The maximum Gasteiger partial charge on any atom is 0.231 e. The third kappa shape index (κ3) is 4.97. The highest BCUT2D eigenvalue weighted by molar-refractivity contribution is 7.80. The highest BCUT2D eigenvalue weighted by atomic mass is 32.1. The van der Waals surface area contributed by atoms with Gasteiger partial charge in [0.2, 0.25) is 12.7 Å². The predicted octanol–water partition coefficient (Wildman–Crippen LogP) is 2.98. The first-order chi connectivity index (χ1) is 14.1. The van der Waals surface area contributed by atoms with Gasteiger partial charge >= 0.3 is 0 Å². The lowest BCUT2D eigenvalue weighted by molar-refractivity contribution is 0.174. The zero-order valence-electron chi connectivity index (χ0n) is 16.6. The van der Waals surface area contributed by atoms with Gasteiger partial charge in [-0.05, 0) is 56.1 Å². The van der Waals surface area contributed by atoms with Gasteiger partial charge in [-0.1, -0.05) is 0 Å². The second kappa shape index (κ2) is 8.69. The van der Waals surface area contributed by atoms with Crippen molar-refractivity contribution in [3.05, 3.63) is 30.5 Å². The van der Waals surface area contributed by atoms with Crippen LogP contribution >= 0.6 is 12.2 Å². The Balaban J connectivity index is 1.23. The quantitative estimate of drug-likeness (QED) is 0.640. The number of hydrogen-bond donors (Lipinski definition) is 3. The summed E-state index contributed by atoms with van der Waals surface area (Å²) >= 11 is 5.48. The molecule has 2 heterocycles. The second-order valence-electron chi connectivity index (χ2n) is 7.49. The third-order valence-electron chi connectivity index (χ3n) is 5.13. The SMILES string of the molecule is CN(C)c1ccnc(NC2CCC(NC(=S)Nc3ccc4c(c3)OCO4)CC2)n1. The van der Waals surface area contributed by atoms with Crippen molar-refractivity contribution in [3.8, 4) is 11.5 Å².